The lowest BCUT2D eigenvalue weighted by molar-refractivity contribution is -0.127. The number of ketones is 1. The fraction of sp³-hybridized carbons (Fsp3) is 0.579. The second kappa shape index (κ2) is 13.3. The van der Waals surface area contributed by atoms with Gasteiger partial charge < -0.3 is 37.9 Å². The summed E-state index contributed by atoms with van der Waals surface area (Å²) in [5.41, 5.74) is 15.4. The third-order valence-electron chi connectivity index (χ3n) is 3.91. The number of amides is 3. The van der Waals surface area contributed by atoms with Gasteiger partial charge in [-0.2, -0.15) is 0 Å². The third kappa shape index (κ3) is 11.2. The van der Waals surface area contributed by atoms with Crippen molar-refractivity contribution >= 4 is 41.0 Å². The number of carbonyl (C=O) groups is 4. The number of nitrogens with zero attached hydrogens (tertiary/aromatic N) is 2. The minimum Gasteiger partial charge on any atom is -0.444 e. The van der Waals surface area contributed by atoms with Crippen LogP contribution in [0.15, 0.2) is 16.6 Å². The van der Waals surface area contributed by atoms with Crippen molar-refractivity contribution < 1.29 is 23.9 Å². The highest BCUT2D eigenvalue weighted by atomic mass is 32.1. The minimum atomic E-state index is -1.10. The topological polar surface area (TPSA) is 217 Å². The van der Waals surface area contributed by atoms with Crippen molar-refractivity contribution in [2.24, 2.45) is 22.2 Å². The Morgan fingerprint density at radius 3 is 2.42 bits per heavy atom. The molecule has 14 heteroatoms. The van der Waals surface area contributed by atoms with Crippen LogP contribution >= 0.6 is 11.3 Å². The van der Waals surface area contributed by atoms with E-state index in [1.807, 2.05) is 0 Å². The number of thiazole rings is 1. The molecule has 9 N–H and O–H groups in total. The summed E-state index contributed by atoms with van der Waals surface area (Å²) in [5.74, 6) is -1.71. The number of hydrogen-bond acceptors (Lipinski definition) is 9. The van der Waals surface area contributed by atoms with Gasteiger partial charge in [-0.25, -0.2) is 9.78 Å². The number of ether oxygens (including phenoxy) is 1. The summed E-state index contributed by atoms with van der Waals surface area (Å²) in [6.45, 7) is 4.67. The zero-order valence-corrected chi connectivity index (χ0v) is 19.7. The van der Waals surface area contributed by atoms with Crippen molar-refractivity contribution in [1.82, 2.24) is 20.9 Å². The molecule has 1 aromatic heterocycles. The van der Waals surface area contributed by atoms with E-state index in [1.54, 1.807) is 26.2 Å². The molecular weight excluding hydrogens is 452 g/mol. The maximum atomic E-state index is 12.7. The molecule has 1 aromatic rings. The Balaban J connectivity index is 2.65. The molecule has 13 nitrogen and oxygen atoms in total. The van der Waals surface area contributed by atoms with Gasteiger partial charge in [-0.1, -0.05) is 0 Å². The number of nitrogens with two attached hydrogens (primary N) is 3. The van der Waals surface area contributed by atoms with Gasteiger partial charge in [0.25, 0.3) is 0 Å². The first-order chi connectivity index (χ1) is 15.4. The van der Waals surface area contributed by atoms with Gasteiger partial charge in [-0.15, -0.1) is 11.3 Å². The maximum absolute atomic E-state index is 12.7. The van der Waals surface area contributed by atoms with E-state index in [0.29, 0.717) is 6.42 Å². The summed E-state index contributed by atoms with van der Waals surface area (Å²) in [6, 6.07) is -1.97. The molecule has 3 amide bonds. The number of aromatic nitrogens is 1. The van der Waals surface area contributed by atoms with Gasteiger partial charge >= 0.3 is 6.09 Å². The minimum absolute atomic E-state index is 0.0704. The Labute approximate surface area is 195 Å². The zero-order chi connectivity index (χ0) is 25.0. The maximum Gasteiger partial charge on any atom is 0.408 e. The molecule has 0 aliphatic heterocycles. The molecule has 33 heavy (non-hydrogen) atoms. The molecule has 184 valence electrons. The van der Waals surface area contributed by atoms with Crippen LogP contribution in [0.3, 0.4) is 0 Å². The van der Waals surface area contributed by atoms with Gasteiger partial charge in [0.1, 0.15) is 11.6 Å². The third-order valence-corrected chi connectivity index (χ3v) is 4.69. The van der Waals surface area contributed by atoms with Crippen molar-refractivity contribution in [3.8, 4) is 0 Å². The van der Waals surface area contributed by atoms with Crippen LogP contribution in [0.1, 0.15) is 43.4 Å². The summed E-state index contributed by atoms with van der Waals surface area (Å²) >= 11 is 1.15. The monoisotopic (exact) mass is 484 g/mol. The van der Waals surface area contributed by atoms with E-state index >= 15 is 0 Å². The summed E-state index contributed by atoms with van der Waals surface area (Å²) in [6.07, 6.45) is 1.37. The molecule has 0 spiro atoms. The molecule has 0 fully saturated rings. The van der Waals surface area contributed by atoms with Crippen LogP contribution in [0, 0.1) is 0 Å². The number of rotatable bonds is 12. The van der Waals surface area contributed by atoms with Gasteiger partial charge in [0.05, 0.1) is 12.6 Å². The van der Waals surface area contributed by atoms with Crippen molar-refractivity contribution in [2.75, 3.05) is 19.6 Å². The van der Waals surface area contributed by atoms with Crippen LogP contribution in [0.5, 0.6) is 0 Å². The molecule has 0 radical (unpaired) electrons. The van der Waals surface area contributed by atoms with Gasteiger partial charge in [0.2, 0.25) is 17.6 Å². The highest BCUT2D eigenvalue weighted by Gasteiger charge is 2.26. The van der Waals surface area contributed by atoms with Crippen LogP contribution in [-0.4, -0.2) is 72.0 Å². The van der Waals surface area contributed by atoms with Gasteiger partial charge in [-0.05, 0) is 33.6 Å². The summed E-state index contributed by atoms with van der Waals surface area (Å²) in [4.78, 5) is 57.1. The number of alkyl carbamates (subject to hydrolysis) is 1. The molecule has 1 heterocycles. The normalized spacial score (nSPS) is 12.7. The van der Waals surface area contributed by atoms with Gasteiger partial charge in [-0.3, -0.25) is 19.4 Å². The summed E-state index contributed by atoms with van der Waals surface area (Å²) < 4.78 is 5.09. The smallest absolute Gasteiger partial charge is 0.408 e. The van der Waals surface area contributed by atoms with Gasteiger partial charge in [0.15, 0.2) is 11.0 Å². The Kier molecular flexibility index (Phi) is 11.2. The molecule has 1 rings (SSSR count). The van der Waals surface area contributed by atoms with E-state index in [1.165, 1.54) is 6.20 Å². The lowest BCUT2D eigenvalue weighted by atomic mass is 10.1. The second-order valence-corrected chi connectivity index (χ2v) is 8.82. The van der Waals surface area contributed by atoms with Crippen molar-refractivity contribution in [1.29, 1.82) is 0 Å². The number of nitrogens with one attached hydrogen (secondary N) is 3. The first kappa shape index (κ1) is 27.8. The number of aliphatic imine (C=N–C) groups is 1. The second-order valence-electron chi connectivity index (χ2n) is 7.92. The van der Waals surface area contributed by atoms with E-state index in [0.717, 1.165) is 11.3 Å². The van der Waals surface area contributed by atoms with Crippen LogP contribution < -0.4 is 33.2 Å². The van der Waals surface area contributed by atoms with E-state index in [-0.39, 0.29) is 36.3 Å². The largest absolute Gasteiger partial charge is 0.444 e. The van der Waals surface area contributed by atoms with E-state index in [9.17, 15) is 19.2 Å². The molecule has 0 aromatic carbocycles. The van der Waals surface area contributed by atoms with Crippen LogP contribution in [0.4, 0.5) is 4.79 Å². The Bertz CT molecular complexity index is 834. The van der Waals surface area contributed by atoms with E-state index in [2.05, 4.69) is 25.9 Å². The summed E-state index contributed by atoms with van der Waals surface area (Å²) in [5, 5.41) is 9.21. The number of hydrogen-bond donors (Lipinski definition) is 6. The molecule has 2 atom stereocenters. The van der Waals surface area contributed by atoms with Crippen LogP contribution in [-0.2, 0) is 14.3 Å². The molecule has 0 saturated carbocycles. The van der Waals surface area contributed by atoms with Crippen molar-refractivity contribution in [2.45, 2.75) is 51.3 Å². The Hall–Kier alpha value is -3.26. The molecule has 0 saturated heterocycles. The highest BCUT2D eigenvalue weighted by Crippen LogP contribution is 2.11. The standard InChI is InChI=1S/C19H32N8O5S/c1-19(2,3)32-18(31)27-12(9-20)15(30)25-10-13(28)26-11(5-4-6-24-17(21)22)14(29)16-23-7-8-33-16/h7-8,11-12H,4-6,9-10,20H2,1-3H3,(H,25,30)(H,26,28)(H,27,31)(H4,21,22,24)/t11-,12+/m0/s1. The number of guanidine groups is 1. The van der Waals surface area contributed by atoms with Crippen LogP contribution in [0.25, 0.3) is 0 Å². The molecular formula is C19H32N8O5S. The molecule has 0 aliphatic carbocycles. The fourth-order valence-corrected chi connectivity index (χ4v) is 3.11. The quantitative estimate of drug-likeness (QED) is 0.0910. The first-order valence-corrected chi connectivity index (χ1v) is 11.1. The highest BCUT2D eigenvalue weighted by molar-refractivity contribution is 7.11. The average Bonchev–Trinajstić information content (AvgIpc) is 3.25. The number of Topliss-reactive ketones (excluding diaryl/α,β-unsaturated/α-hetero) is 1. The predicted molar refractivity (Wildman–Crippen MR) is 124 cm³/mol. The first-order valence-electron chi connectivity index (χ1n) is 10.2. The summed E-state index contributed by atoms with van der Waals surface area (Å²) in [7, 11) is 0. The van der Waals surface area contributed by atoms with Crippen molar-refractivity contribution in [3.05, 3.63) is 16.6 Å². The predicted octanol–water partition coefficient (Wildman–Crippen LogP) is -1.17. The number of carbonyl (C=O) groups excluding carboxylic acids is 4. The SMILES string of the molecule is CC(C)(C)OC(=O)N[C@H](CN)C(=O)NCC(=O)N[C@@H](CCCN=C(N)N)C(=O)c1nccs1. The van der Waals surface area contributed by atoms with E-state index in [4.69, 9.17) is 21.9 Å². The van der Waals surface area contributed by atoms with Crippen molar-refractivity contribution in [3.63, 3.8) is 0 Å². The Morgan fingerprint density at radius 2 is 1.88 bits per heavy atom. The zero-order valence-electron chi connectivity index (χ0n) is 18.9. The Morgan fingerprint density at radius 1 is 1.18 bits per heavy atom. The molecule has 0 aliphatic rings. The fourth-order valence-electron chi connectivity index (χ4n) is 2.48. The lowest BCUT2D eigenvalue weighted by Crippen LogP contribution is -2.54. The van der Waals surface area contributed by atoms with Gasteiger partial charge in [0, 0.05) is 24.7 Å². The van der Waals surface area contributed by atoms with E-state index < -0.39 is 42.1 Å². The van der Waals surface area contributed by atoms with Crippen LogP contribution in [0.2, 0.25) is 0 Å². The lowest BCUT2D eigenvalue weighted by Gasteiger charge is -2.22. The molecule has 0 bridgehead atoms. The molecule has 0 unspecified atom stereocenters. The average molecular weight is 485 g/mol.